The van der Waals surface area contributed by atoms with Gasteiger partial charge in [-0.25, -0.2) is 0 Å². The van der Waals surface area contributed by atoms with E-state index in [1.807, 2.05) is 19.1 Å². The molecule has 0 N–H and O–H groups in total. The molecule has 2 unspecified atom stereocenters. The number of allylic oxidation sites excluding steroid dienone is 2. The lowest BCUT2D eigenvalue weighted by molar-refractivity contribution is -0.153. The van der Waals surface area contributed by atoms with Crippen LogP contribution in [0.2, 0.25) is 0 Å². The Bertz CT molecular complexity index is 332. The van der Waals surface area contributed by atoms with Gasteiger partial charge in [-0.2, -0.15) is 0 Å². The van der Waals surface area contributed by atoms with Crippen molar-refractivity contribution in [3.8, 4) is 0 Å². The third-order valence-corrected chi connectivity index (χ3v) is 3.57. The van der Waals surface area contributed by atoms with E-state index < -0.39 is 0 Å². The fourth-order valence-electron chi connectivity index (χ4n) is 2.57. The van der Waals surface area contributed by atoms with Crippen molar-refractivity contribution >= 4 is 11.9 Å². The zero-order chi connectivity index (χ0) is 12.3. The van der Waals surface area contributed by atoms with Crippen molar-refractivity contribution in [2.45, 2.75) is 26.2 Å². The molecule has 4 heteroatoms. The molecule has 0 aliphatic carbocycles. The minimum atomic E-state index is -0.350. The molecule has 2 aliphatic rings. The third-order valence-electron chi connectivity index (χ3n) is 3.57. The fraction of sp³-hybridized carbons (Fsp3) is 0.692. The first kappa shape index (κ1) is 12.3. The van der Waals surface area contributed by atoms with Crippen LogP contribution in [-0.2, 0) is 14.3 Å². The molecule has 2 atom stereocenters. The molecule has 2 aliphatic heterocycles. The molecule has 0 saturated carbocycles. The Balaban J connectivity index is 2.00. The summed E-state index contributed by atoms with van der Waals surface area (Å²) in [5.74, 6) is -1.23. The quantitative estimate of drug-likeness (QED) is 0.421. The van der Waals surface area contributed by atoms with Gasteiger partial charge in [-0.1, -0.05) is 12.2 Å². The molecule has 17 heavy (non-hydrogen) atoms. The van der Waals surface area contributed by atoms with E-state index >= 15 is 0 Å². The van der Waals surface area contributed by atoms with E-state index in [2.05, 4.69) is 4.90 Å². The maximum atomic E-state index is 11.7. The highest BCUT2D eigenvalue weighted by molar-refractivity contribution is 5.96. The van der Waals surface area contributed by atoms with E-state index in [4.69, 9.17) is 4.74 Å². The van der Waals surface area contributed by atoms with Gasteiger partial charge >= 0.3 is 11.9 Å². The Hall–Kier alpha value is -1.16. The van der Waals surface area contributed by atoms with Crippen LogP contribution >= 0.6 is 0 Å². The first-order valence-electron chi connectivity index (χ1n) is 6.31. The second kappa shape index (κ2) is 5.45. The molecule has 4 nitrogen and oxygen atoms in total. The number of cyclic esters (lactones) is 2. The molecule has 94 valence electrons. The number of likely N-dealkylation sites (tertiary alicyclic amines) is 1. The van der Waals surface area contributed by atoms with Crippen LogP contribution in [-0.4, -0.2) is 36.5 Å². The van der Waals surface area contributed by atoms with Gasteiger partial charge < -0.3 is 9.64 Å². The van der Waals surface area contributed by atoms with Gasteiger partial charge in [-0.05, 0) is 39.3 Å². The second-order valence-corrected chi connectivity index (χ2v) is 4.77. The fourth-order valence-corrected chi connectivity index (χ4v) is 2.57. The third kappa shape index (κ3) is 2.75. The van der Waals surface area contributed by atoms with Crippen molar-refractivity contribution in [2.75, 3.05) is 19.6 Å². The van der Waals surface area contributed by atoms with Crippen LogP contribution < -0.4 is 0 Å². The molecule has 2 heterocycles. The summed E-state index contributed by atoms with van der Waals surface area (Å²) in [5.41, 5.74) is 0. The van der Waals surface area contributed by atoms with Crippen molar-refractivity contribution in [2.24, 2.45) is 11.8 Å². The molecule has 2 fully saturated rings. The number of hydrogen-bond donors (Lipinski definition) is 0. The number of esters is 2. The maximum absolute atomic E-state index is 11.7. The summed E-state index contributed by atoms with van der Waals surface area (Å²) in [4.78, 5) is 25.5. The highest BCUT2D eigenvalue weighted by Gasteiger charge is 2.44. The molecular weight excluding hydrogens is 218 g/mol. The Morgan fingerprint density at radius 1 is 1.24 bits per heavy atom. The molecule has 0 radical (unpaired) electrons. The van der Waals surface area contributed by atoms with Gasteiger partial charge in [0.05, 0.1) is 11.8 Å². The first-order chi connectivity index (χ1) is 8.22. The largest absolute Gasteiger partial charge is 0.393 e. The average Bonchev–Trinajstić information content (AvgIpc) is 2.88. The summed E-state index contributed by atoms with van der Waals surface area (Å²) in [7, 11) is 0. The molecule has 0 aromatic carbocycles. The molecule has 0 spiro atoms. The molecule has 0 aromatic heterocycles. The van der Waals surface area contributed by atoms with Crippen LogP contribution in [0, 0.1) is 11.8 Å². The number of carbonyl (C=O) groups excluding carboxylic acids is 2. The number of rotatable bonds is 4. The molecule has 2 saturated heterocycles. The Kier molecular flexibility index (Phi) is 3.94. The molecule has 2 rings (SSSR count). The normalized spacial score (nSPS) is 30.4. The molecule has 0 amide bonds. The zero-order valence-corrected chi connectivity index (χ0v) is 10.2. The topological polar surface area (TPSA) is 46.6 Å². The SMILES string of the molecule is C/C=C/CC1C(=O)OC(=O)C1CN1CCCC1. The van der Waals surface area contributed by atoms with Crippen LogP contribution in [0.3, 0.4) is 0 Å². The van der Waals surface area contributed by atoms with Gasteiger partial charge in [0.15, 0.2) is 0 Å². The lowest BCUT2D eigenvalue weighted by atomic mass is 9.91. The summed E-state index contributed by atoms with van der Waals surface area (Å²) in [6.07, 6.45) is 6.83. The molecular formula is C13H19NO3. The van der Waals surface area contributed by atoms with Crippen LogP contribution in [0.5, 0.6) is 0 Å². The van der Waals surface area contributed by atoms with E-state index in [0.29, 0.717) is 13.0 Å². The van der Waals surface area contributed by atoms with Crippen molar-refractivity contribution in [3.63, 3.8) is 0 Å². The first-order valence-corrected chi connectivity index (χ1v) is 6.31. The van der Waals surface area contributed by atoms with Gasteiger partial charge in [-0.3, -0.25) is 9.59 Å². The maximum Gasteiger partial charge on any atom is 0.318 e. The van der Waals surface area contributed by atoms with Crippen molar-refractivity contribution in [1.82, 2.24) is 4.90 Å². The Morgan fingerprint density at radius 2 is 1.88 bits per heavy atom. The Labute approximate surface area is 102 Å². The highest BCUT2D eigenvalue weighted by atomic mass is 16.6. The zero-order valence-electron chi connectivity index (χ0n) is 10.2. The predicted molar refractivity (Wildman–Crippen MR) is 63.2 cm³/mol. The van der Waals surface area contributed by atoms with Gasteiger partial charge in [-0.15, -0.1) is 0 Å². The smallest absolute Gasteiger partial charge is 0.318 e. The highest BCUT2D eigenvalue weighted by Crippen LogP contribution is 2.28. The van der Waals surface area contributed by atoms with E-state index in [1.165, 1.54) is 12.8 Å². The number of hydrogen-bond acceptors (Lipinski definition) is 4. The van der Waals surface area contributed by atoms with E-state index in [-0.39, 0.29) is 23.8 Å². The number of carbonyl (C=O) groups is 2. The van der Waals surface area contributed by atoms with Crippen LogP contribution in [0.25, 0.3) is 0 Å². The molecule has 0 bridgehead atoms. The van der Waals surface area contributed by atoms with E-state index in [0.717, 1.165) is 13.1 Å². The van der Waals surface area contributed by atoms with Crippen LogP contribution in [0.1, 0.15) is 26.2 Å². The average molecular weight is 237 g/mol. The van der Waals surface area contributed by atoms with Crippen LogP contribution in [0.4, 0.5) is 0 Å². The van der Waals surface area contributed by atoms with Gasteiger partial charge in [0.1, 0.15) is 0 Å². The summed E-state index contributed by atoms with van der Waals surface area (Å²) >= 11 is 0. The summed E-state index contributed by atoms with van der Waals surface area (Å²) in [6, 6.07) is 0. The van der Waals surface area contributed by atoms with E-state index in [9.17, 15) is 9.59 Å². The second-order valence-electron chi connectivity index (χ2n) is 4.77. The van der Waals surface area contributed by atoms with Crippen molar-refractivity contribution in [3.05, 3.63) is 12.2 Å². The van der Waals surface area contributed by atoms with Crippen molar-refractivity contribution < 1.29 is 14.3 Å². The van der Waals surface area contributed by atoms with E-state index in [1.54, 1.807) is 0 Å². The van der Waals surface area contributed by atoms with Gasteiger partial charge in [0, 0.05) is 6.54 Å². The predicted octanol–water partition coefficient (Wildman–Crippen LogP) is 1.36. The summed E-state index contributed by atoms with van der Waals surface area (Å²) in [5, 5.41) is 0. The number of nitrogens with zero attached hydrogens (tertiary/aromatic N) is 1. The monoisotopic (exact) mass is 237 g/mol. The number of ether oxygens (including phenoxy) is 1. The molecule has 0 aromatic rings. The minimum Gasteiger partial charge on any atom is -0.393 e. The van der Waals surface area contributed by atoms with Crippen LogP contribution in [0.15, 0.2) is 12.2 Å². The van der Waals surface area contributed by atoms with Crippen molar-refractivity contribution in [1.29, 1.82) is 0 Å². The summed E-state index contributed by atoms with van der Waals surface area (Å²) < 4.78 is 4.76. The van der Waals surface area contributed by atoms with Gasteiger partial charge in [0.25, 0.3) is 0 Å². The minimum absolute atomic E-state index is 0.267. The van der Waals surface area contributed by atoms with Gasteiger partial charge in [0.2, 0.25) is 0 Å². The Morgan fingerprint density at radius 3 is 2.53 bits per heavy atom. The lowest BCUT2D eigenvalue weighted by Gasteiger charge is -2.19. The summed E-state index contributed by atoms with van der Waals surface area (Å²) in [6.45, 7) is 4.66. The lowest BCUT2D eigenvalue weighted by Crippen LogP contribution is -2.32. The standard InChI is InChI=1S/C13H19NO3/c1-2-3-6-10-11(13(16)17-12(10)15)9-14-7-4-5-8-14/h2-3,10-11H,4-9H2,1H3/b3-2+.